The Hall–Kier alpha value is -3.28. The van der Waals surface area contributed by atoms with Crippen molar-refractivity contribution in [3.05, 3.63) is 0 Å². The van der Waals surface area contributed by atoms with Crippen molar-refractivity contribution >= 4 is 50.7 Å². The van der Waals surface area contributed by atoms with Crippen molar-refractivity contribution in [2.45, 2.75) is 160 Å². The lowest BCUT2D eigenvalue weighted by atomic mass is 10.0. The number of carbonyl (C=O) groups is 7. The van der Waals surface area contributed by atoms with Gasteiger partial charge >= 0.3 is 11.9 Å². The second kappa shape index (κ2) is 43.0. The van der Waals surface area contributed by atoms with Crippen LogP contribution >= 0.6 is 9.39 Å². The van der Waals surface area contributed by atoms with Gasteiger partial charge in [0.15, 0.2) is 0 Å². The molecule has 0 aliphatic heterocycles. The molecule has 360 valence electrons. The van der Waals surface area contributed by atoms with E-state index in [2.05, 4.69) is 35.7 Å². The number of Topliss-reactive ketones (excluding diaryl/α,β-unsaturated/α-hetero) is 1. The highest BCUT2D eigenvalue weighted by Gasteiger charge is 2.21. The van der Waals surface area contributed by atoms with Crippen LogP contribution < -0.4 is 26.4 Å². The fourth-order valence-corrected chi connectivity index (χ4v) is 6.61. The van der Waals surface area contributed by atoms with Crippen molar-refractivity contribution in [2.75, 3.05) is 72.5 Å². The van der Waals surface area contributed by atoms with Crippen LogP contribution in [0.15, 0.2) is 0 Å². The van der Waals surface area contributed by atoms with Gasteiger partial charge in [0.25, 0.3) is 0 Å². The average Bonchev–Trinajstić information content (AvgIpc) is 3.24. The lowest BCUT2D eigenvalue weighted by Gasteiger charge is -2.14. The molecule has 0 bridgehead atoms. The van der Waals surface area contributed by atoms with Gasteiger partial charge in [-0.1, -0.05) is 93.4 Å². The molecule has 0 rings (SSSR count). The normalized spacial score (nSPS) is 12.0. The minimum Gasteiger partial charge on any atom is -0.481 e. The van der Waals surface area contributed by atoms with Crippen LogP contribution in [0.3, 0.4) is 0 Å². The smallest absolute Gasteiger partial charge is 0.326 e. The molecular weight excluding hydrogens is 825 g/mol. The van der Waals surface area contributed by atoms with E-state index in [4.69, 9.17) is 24.1 Å². The minimum atomic E-state index is -1.18. The van der Waals surface area contributed by atoms with Gasteiger partial charge in [0.05, 0.1) is 45.7 Å². The summed E-state index contributed by atoms with van der Waals surface area (Å²) in [5.41, 5.74) is 0. The standard InChI is InChI=1S/C43H80N5O13P/c1-2-37(49)35(48-62)19-17-18-24-44-40(52)33-60-31-30-59-28-26-46-41(53)34-61-32-29-58-27-25-45-38(50)23-22-36(43(56)57)47-39(51)20-15-13-11-9-7-5-3-4-6-8-10-12-14-16-21-42(54)55/h35-36,48H,2-34,62H2,1H3,(H,44,52)(H,45,50)(H,46,53)(H,47,51)(H,54,55)(H,56,57)/t35-,36-/m0/s1. The number of hydrogen-bond donors (Lipinski definition) is 7. The van der Waals surface area contributed by atoms with Crippen LogP contribution in [-0.4, -0.2) is 136 Å². The summed E-state index contributed by atoms with van der Waals surface area (Å²) in [4.78, 5) is 82.2. The number of aliphatic carboxylic acids is 2. The van der Waals surface area contributed by atoms with Crippen LogP contribution in [-0.2, 0) is 52.5 Å². The first kappa shape index (κ1) is 58.7. The first-order valence-electron chi connectivity index (χ1n) is 22.8. The molecule has 3 atom stereocenters. The number of carbonyl (C=O) groups excluding carboxylic acids is 5. The second-order valence-electron chi connectivity index (χ2n) is 15.3. The largest absolute Gasteiger partial charge is 0.481 e. The zero-order chi connectivity index (χ0) is 45.9. The van der Waals surface area contributed by atoms with E-state index in [9.17, 15) is 38.7 Å². The summed E-state index contributed by atoms with van der Waals surface area (Å²) >= 11 is 0. The average molecular weight is 906 g/mol. The van der Waals surface area contributed by atoms with E-state index in [1.807, 2.05) is 6.92 Å². The zero-order valence-electron chi connectivity index (χ0n) is 37.5. The highest BCUT2D eigenvalue weighted by Crippen LogP contribution is 2.14. The van der Waals surface area contributed by atoms with Gasteiger partial charge in [0, 0.05) is 45.3 Å². The molecule has 0 spiro atoms. The van der Waals surface area contributed by atoms with E-state index in [1.54, 1.807) is 0 Å². The van der Waals surface area contributed by atoms with Gasteiger partial charge in [-0.3, -0.25) is 33.9 Å². The number of rotatable bonds is 46. The second-order valence-corrected chi connectivity index (χ2v) is 15.6. The van der Waals surface area contributed by atoms with Crippen LogP contribution in [0.1, 0.15) is 148 Å². The molecule has 62 heavy (non-hydrogen) atoms. The quantitative estimate of drug-likeness (QED) is 0.0337. The highest BCUT2D eigenvalue weighted by molar-refractivity contribution is 7.13. The Bertz CT molecular complexity index is 1220. The number of ether oxygens (including phenoxy) is 4. The van der Waals surface area contributed by atoms with Crippen LogP contribution in [0.4, 0.5) is 0 Å². The van der Waals surface area contributed by atoms with Gasteiger partial charge in [-0.05, 0) is 38.5 Å². The molecule has 0 saturated heterocycles. The van der Waals surface area contributed by atoms with Crippen LogP contribution in [0.5, 0.6) is 0 Å². The van der Waals surface area contributed by atoms with Gasteiger partial charge in [0.2, 0.25) is 23.6 Å². The lowest BCUT2D eigenvalue weighted by molar-refractivity contribution is -0.142. The molecule has 0 saturated carbocycles. The summed E-state index contributed by atoms with van der Waals surface area (Å²) in [6.07, 6.45) is 18.3. The molecule has 18 nitrogen and oxygen atoms in total. The van der Waals surface area contributed by atoms with E-state index in [0.717, 1.165) is 57.8 Å². The molecule has 4 amide bonds. The Labute approximate surface area is 371 Å². The monoisotopic (exact) mass is 906 g/mol. The molecule has 0 aromatic carbocycles. The van der Waals surface area contributed by atoms with E-state index < -0.39 is 18.0 Å². The third kappa shape index (κ3) is 39.6. The number of unbranched alkanes of at least 4 members (excludes halogenated alkanes) is 14. The van der Waals surface area contributed by atoms with Crippen molar-refractivity contribution in [1.29, 1.82) is 0 Å². The van der Waals surface area contributed by atoms with Crippen LogP contribution in [0, 0.1) is 0 Å². The molecule has 0 aromatic heterocycles. The van der Waals surface area contributed by atoms with Gasteiger partial charge < -0.3 is 50.4 Å². The molecule has 0 radical (unpaired) electrons. The van der Waals surface area contributed by atoms with Gasteiger partial charge in [-0.15, -0.1) is 0 Å². The van der Waals surface area contributed by atoms with Gasteiger partial charge in [0.1, 0.15) is 25.0 Å². The molecule has 0 aromatic rings. The summed E-state index contributed by atoms with van der Waals surface area (Å²) in [6.45, 7) is 3.93. The first-order valence-corrected chi connectivity index (χ1v) is 23.4. The van der Waals surface area contributed by atoms with Crippen molar-refractivity contribution in [3.63, 3.8) is 0 Å². The maximum atomic E-state index is 12.3. The summed E-state index contributed by atoms with van der Waals surface area (Å²) in [5.74, 6) is -2.95. The Morgan fingerprint density at radius 1 is 0.468 bits per heavy atom. The molecular formula is C43H80N5O13P. The summed E-state index contributed by atoms with van der Waals surface area (Å²) < 4.78 is 21.4. The third-order valence-electron chi connectivity index (χ3n) is 9.87. The maximum Gasteiger partial charge on any atom is 0.326 e. The van der Waals surface area contributed by atoms with Crippen LogP contribution in [0.2, 0.25) is 0 Å². The number of nitrogens with one attached hydrogen (secondary N) is 5. The fraction of sp³-hybridized carbons (Fsp3) is 0.837. The Morgan fingerprint density at radius 3 is 1.39 bits per heavy atom. The topological polar surface area (TPSA) is 257 Å². The molecule has 0 aliphatic carbocycles. The summed E-state index contributed by atoms with van der Waals surface area (Å²) in [5, 5.41) is 31.7. The molecule has 1 unspecified atom stereocenters. The first-order chi connectivity index (χ1) is 30.0. The Kier molecular flexibility index (Phi) is 40.7. The van der Waals surface area contributed by atoms with E-state index in [1.165, 1.54) is 44.9 Å². The zero-order valence-corrected chi connectivity index (χ0v) is 38.6. The number of amides is 4. The number of carboxylic acid groups (broad SMARTS) is 2. The predicted molar refractivity (Wildman–Crippen MR) is 238 cm³/mol. The lowest BCUT2D eigenvalue weighted by Crippen LogP contribution is -2.41. The van der Waals surface area contributed by atoms with E-state index >= 15 is 0 Å². The van der Waals surface area contributed by atoms with E-state index in [-0.39, 0.29) is 127 Å². The van der Waals surface area contributed by atoms with Gasteiger partial charge in [-0.25, -0.2) is 4.79 Å². The molecule has 0 aliphatic rings. The molecule has 19 heteroatoms. The summed E-state index contributed by atoms with van der Waals surface area (Å²) in [7, 11) is 2.38. The van der Waals surface area contributed by atoms with Crippen molar-refractivity contribution in [2.24, 2.45) is 0 Å². The highest BCUT2D eigenvalue weighted by atomic mass is 31.0. The summed E-state index contributed by atoms with van der Waals surface area (Å²) in [6, 6.07) is -1.31. The third-order valence-corrected chi connectivity index (χ3v) is 10.3. The minimum absolute atomic E-state index is 0.0261. The predicted octanol–water partition coefficient (Wildman–Crippen LogP) is 3.97. The van der Waals surface area contributed by atoms with Crippen molar-refractivity contribution < 1.29 is 62.7 Å². The Morgan fingerprint density at radius 2 is 0.919 bits per heavy atom. The number of ketones is 1. The maximum absolute atomic E-state index is 12.3. The Balaban J connectivity index is 3.66. The molecule has 0 heterocycles. The molecule has 7 N–H and O–H groups in total. The van der Waals surface area contributed by atoms with Crippen molar-refractivity contribution in [3.8, 4) is 0 Å². The fourth-order valence-electron chi connectivity index (χ4n) is 6.25. The number of carboxylic acids is 2. The van der Waals surface area contributed by atoms with Gasteiger partial charge in [-0.2, -0.15) is 0 Å². The SMILES string of the molecule is CCC(=O)[C@H](CCCCNC(=O)COCCOCCNC(=O)COCCOCCNC(=O)CC[C@H](NC(=O)CCCCCCCCCCCCCCCCC(=O)O)C(=O)O)NP. The molecule has 0 fully saturated rings. The number of hydrogen-bond acceptors (Lipinski definition) is 12. The van der Waals surface area contributed by atoms with Crippen LogP contribution in [0.25, 0.3) is 0 Å². The van der Waals surface area contributed by atoms with Crippen molar-refractivity contribution in [1.82, 2.24) is 26.4 Å². The van der Waals surface area contributed by atoms with E-state index in [0.29, 0.717) is 19.4 Å².